The fourth-order valence-electron chi connectivity index (χ4n) is 3.00. The third-order valence-electron chi connectivity index (χ3n) is 4.69. The molecule has 10 heteroatoms. The van der Waals surface area contributed by atoms with E-state index < -0.39 is 18.5 Å². The van der Waals surface area contributed by atoms with E-state index in [2.05, 4.69) is 13.8 Å². The van der Waals surface area contributed by atoms with Crippen LogP contribution in [0, 0.1) is 5.92 Å². The van der Waals surface area contributed by atoms with Gasteiger partial charge in [-0.1, -0.05) is 25.4 Å². The van der Waals surface area contributed by atoms with E-state index in [9.17, 15) is 22.8 Å². The highest BCUT2D eigenvalue weighted by Crippen LogP contribution is 2.37. The molecule has 1 aliphatic rings. The van der Waals surface area contributed by atoms with Crippen molar-refractivity contribution in [2.24, 2.45) is 5.92 Å². The Labute approximate surface area is 178 Å². The van der Waals surface area contributed by atoms with Gasteiger partial charge in [-0.05, 0) is 24.5 Å². The molecule has 168 valence electrons. The fourth-order valence-corrected chi connectivity index (χ4v) is 3.27. The Bertz CT molecular complexity index is 763. The Morgan fingerprint density at radius 1 is 1.13 bits per heavy atom. The molecule has 0 aromatic heterocycles. The molecular formula is C20H26ClF3N2O4. The first-order valence-corrected chi connectivity index (χ1v) is 10.0. The summed E-state index contributed by atoms with van der Waals surface area (Å²) in [5.41, 5.74) is 0.281. The number of carbonyl (C=O) groups is 2. The normalized spacial score (nSPS) is 14.8. The number of benzene rings is 1. The number of ether oxygens (including phenoxy) is 2. The van der Waals surface area contributed by atoms with Gasteiger partial charge in [0.25, 0.3) is 5.91 Å². The van der Waals surface area contributed by atoms with Crippen LogP contribution < -0.4 is 9.47 Å². The highest BCUT2D eigenvalue weighted by molar-refractivity contribution is 6.32. The molecule has 1 aliphatic heterocycles. The zero-order valence-electron chi connectivity index (χ0n) is 17.2. The first-order chi connectivity index (χ1) is 14.0. The summed E-state index contributed by atoms with van der Waals surface area (Å²) >= 11 is 6.30. The van der Waals surface area contributed by atoms with Gasteiger partial charge in [-0.2, -0.15) is 13.2 Å². The molecule has 0 spiro atoms. The molecule has 2 amide bonds. The van der Waals surface area contributed by atoms with Gasteiger partial charge in [-0.25, -0.2) is 0 Å². The van der Waals surface area contributed by atoms with E-state index in [1.165, 1.54) is 24.1 Å². The molecule has 1 aromatic carbocycles. The highest BCUT2D eigenvalue weighted by atomic mass is 35.5. The number of hydrogen-bond acceptors (Lipinski definition) is 4. The van der Waals surface area contributed by atoms with E-state index in [0.29, 0.717) is 24.0 Å². The van der Waals surface area contributed by atoms with Crippen LogP contribution in [-0.2, 0) is 4.79 Å². The van der Waals surface area contributed by atoms with Crippen LogP contribution in [-0.4, -0.2) is 67.7 Å². The molecule has 0 bridgehead atoms. The van der Waals surface area contributed by atoms with Crippen molar-refractivity contribution in [3.8, 4) is 11.5 Å². The minimum atomic E-state index is -4.55. The number of methoxy groups -OCH3 is 1. The van der Waals surface area contributed by atoms with E-state index in [0.717, 1.165) is 11.3 Å². The zero-order chi connectivity index (χ0) is 22.5. The van der Waals surface area contributed by atoms with E-state index >= 15 is 0 Å². The summed E-state index contributed by atoms with van der Waals surface area (Å²) in [5.74, 6) is -0.182. The summed E-state index contributed by atoms with van der Waals surface area (Å²) in [4.78, 5) is 27.1. The average molecular weight is 451 g/mol. The second-order valence-corrected chi connectivity index (χ2v) is 7.89. The number of nitrogens with zero attached hydrogens (tertiary/aromatic N) is 2. The minimum absolute atomic E-state index is 0.0436. The van der Waals surface area contributed by atoms with Crippen molar-refractivity contribution in [1.82, 2.24) is 9.80 Å². The summed E-state index contributed by atoms with van der Waals surface area (Å²) in [7, 11) is 1.44. The Kier molecular flexibility index (Phi) is 8.23. The van der Waals surface area contributed by atoms with Gasteiger partial charge < -0.3 is 19.3 Å². The quantitative estimate of drug-likeness (QED) is 0.629. The van der Waals surface area contributed by atoms with Gasteiger partial charge in [0, 0.05) is 31.7 Å². The molecule has 1 fully saturated rings. The van der Waals surface area contributed by atoms with Crippen LogP contribution >= 0.6 is 11.6 Å². The second kappa shape index (κ2) is 10.2. The molecule has 0 aliphatic carbocycles. The lowest BCUT2D eigenvalue weighted by atomic mass is 10.1. The summed E-state index contributed by atoms with van der Waals surface area (Å²) in [6.45, 7) is 4.95. The van der Waals surface area contributed by atoms with E-state index in [-0.39, 0.29) is 42.7 Å². The largest absolute Gasteiger partial charge is 0.493 e. The van der Waals surface area contributed by atoms with Gasteiger partial charge in [0.15, 0.2) is 11.5 Å². The van der Waals surface area contributed by atoms with E-state index in [1.54, 1.807) is 0 Å². The van der Waals surface area contributed by atoms with Crippen LogP contribution in [0.5, 0.6) is 11.5 Å². The summed E-state index contributed by atoms with van der Waals surface area (Å²) in [6.07, 6.45) is -5.21. The van der Waals surface area contributed by atoms with Crippen molar-refractivity contribution in [3.63, 3.8) is 0 Å². The van der Waals surface area contributed by atoms with Crippen LogP contribution in [0.25, 0.3) is 0 Å². The molecule has 0 radical (unpaired) electrons. The van der Waals surface area contributed by atoms with Crippen molar-refractivity contribution >= 4 is 23.4 Å². The molecule has 0 atom stereocenters. The summed E-state index contributed by atoms with van der Waals surface area (Å²) < 4.78 is 48.2. The molecule has 6 nitrogen and oxygen atoms in total. The number of amides is 2. The number of halogens is 4. The highest BCUT2D eigenvalue weighted by Gasteiger charge is 2.35. The average Bonchev–Trinajstić information content (AvgIpc) is 2.66. The van der Waals surface area contributed by atoms with Gasteiger partial charge in [-0.3, -0.25) is 9.59 Å². The smallest absolute Gasteiger partial charge is 0.397 e. The van der Waals surface area contributed by atoms with Crippen molar-refractivity contribution in [2.45, 2.75) is 32.9 Å². The standard InChI is InChI=1S/C20H26ClF3N2O4/c1-13(2)4-9-30-18-15(21)10-14(11-16(18)29-3)19(28)26-7-5-25(6-8-26)17(27)12-20(22,23)24/h10-11,13H,4-9,12H2,1-3H3. The molecule has 1 aromatic rings. The van der Waals surface area contributed by atoms with E-state index in [1.807, 2.05) is 0 Å². The van der Waals surface area contributed by atoms with Crippen LogP contribution in [0.3, 0.4) is 0 Å². The number of alkyl halides is 3. The van der Waals surface area contributed by atoms with Gasteiger partial charge in [0.1, 0.15) is 6.42 Å². The van der Waals surface area contributed by atoms with Crippen LogP contribution in [0.1, 0.15) is 37.0 Å². The van der Waals surface area contributed by atoms with Crippen LogP contribution in [0.2, 0.25) is 5.02 Å². The topological polar surface area (TPSA) is 59.1 Å². The number of piperazine rings is 1. The Morgan fingerprint density at radius 2 is 1.73 bits per heavy atom. The third-order valence-corrected chi connectivity index (χ3v) is 4.97. The molecule has 0 saturated carbocycles. The SMILES string of the molecule is COc1cc(C(=O)N2CCN(C(=O)CC(F)(F)F)CC2)cc(Cl)c1OCCC(C)C. The lowest BCUT2D eigenvalue weighted by Gasteiger charge is -2.35. The second-order valence-electron chi connectivity index (χ2n) is 7.49. The van der Waals surface area contributed by atoms with Gasteiger partial charge in [0.2, 0.25) is 5.91 Å². The summed E-state index contributed by atoms with van der Waals surface area (Å²) in [5, 5.41) is 0.237. The third kappa shape index (κ3) is 6.68. The summed E-state index contributed by atoms with van der Waals surface area (Å²) in [6, 6.07) is 3.01. The Morgan fingerprint density at radius 3 is 2.27 bits per heavy atom. The van der Waals surface area contributed by atoms with Crippen molar-refractivity contribution in [1.29, 1.82) is 0 Å². The number of hydrogen-bond donors (Lipinski definition) is 0. The monoisotopic (exact) mass is 450 g/mol. The van der Waals surface area contributed by atoms with Gasteiger partial charge in [0.05, 0.1) is 18.7 Å². The first-order valence-electron chi connectivity index (χ1n) is 9.66. The Balaban J connectivity index is 2.03. The van der Waals surface area contributed by atoms with Gasteiger partial charge >= 0.3 is 6.18 Å². The molecule has 1 saturated heterocycles. The van der Waals surface area contributed by atoms with Crippen LogP contribution in [0.15, 0.2) is 12.1 Å². The maximum Gasteiger partial charge on any atom is 0.397 e. The minimum Gasteiger partial charge on any atom is -0.493 e. The zero-order valence-corrected chi connectivity index (χ0v) is 18.0. The lowest BCUT2D eigenvalue weighted by Crippen LogP contribution is -2.51. The molecule has 0 unspecified atom stereocenters. The predicted octanol–water partition coefficient (Wildman–Crippen LogP) is 4.01. The van der Waals surface area contributed by atoms with Crippen molar-refractivity contribution in [3.05, 3.63) is 22.7 Å². The molecule has 2 rings (SSSR count). The Hall–Kier alpha value is -2.16. The predicted molar refractivity (Wildman–Crippen MR) is 106 cm³/mol. The van der Waals surface area contributed by atoms with E-state index in [4.69, 9.17) is 21.1 Å². The molecular weight excluding hydrogens is 425 g/mol. The molecule has 30 heavy (non-hydrogen) atoms. The van der Waals surface area contributed by atoms with Gasteiger partial charge in [-0.15, -0.1) is 0 Å². The number of carbonyl (C=O) groups excluding carboxylic acids is 2. The van der Waals surface area contributed by atoms with Crippen molar-refractivity contribution in [2.75, 3.05) is 39.9 Å². The molecule has 0 N–H and O–H groups in total. The lowest BCUT2D eigenvalue weighted by molar-refractivity contribution is -0.162. The molecule has 1 heterocycles. The van der Waals surface area contributed by atoms with Crippen molar-refractivity contribution < 1.29 is 32.2 Å². The maximum atomic E-state index is 12.8. The fraction of sp³-hybridized carbons (Fsp3) is 0.600. The van der Waals surface area contributed by atoms with Crippen LogP contribution in [0.4, 0.5) is 13.2 Å². The maximum absolute atomic E-state index is 12.8. The number of rotatable bonds is 7. The first kappa shape index (κ1) is 24.1.